The molecule has 1 amide bonds. The Morgan fingerprint density at radius 2 is 2.00 bits per heavy atom. The summed E-state index contributed by atoms with van der Waals surface area (Å²) in [6.07, 6.45) is 0.810. The molecular formula is C19H18ClNO3S. The number of ether oxygens (including phenoxy) is 1. The molecule has 0 bridgehead atoms. The van der Waals surface area contributed by atoms with Crippen LogP contribution in [0.4, 0.5) is 4.79 Å². The van der Waals surface area contributed by atoms with Gasteiger partial charge in [-0.25, -0.2) is 0 Å². The molecule has 25 heavy (non-hydrogen) atoms. The van der Waals surface area contributed by atoms with E-state index in [2.05, 4.69) is 0 Å². The third kappa shape index (κ3) is 5.00. The van der Waals surface area contributed by atoms with E-state index in [0.29, 0.717) is 30.3 Å². The Hall–Kier alpha value is -1.98. The topological polar surface area (TPSA) is 46.6 Å². The minimum atomic E-state index is -0.346. The summed E-state index contributed by atoms with van der Waals surface area (Å²) < 4.78 is 5.53. The molecule has 0 N–H and O–H groups in total. The summed E-state index contributed by atoms with van der Waals surface area (Å²) >= 11 is 7.38. The van der Waals surface area contributed by atoms with Crippen LogP contribution in [0, 0.1) is 0 Å². The molecular weight excluding hydrogens is 358 g/mol. The van der Waals surface area contributed by atoms with Gasteiger partial charge in [0.2, 0.25) is 0 Å². The molecule has 1 aliphatic heterocycles. The van der Waals surface area contributed by atoms with Crippen molar-refractivity contribution in [2.45, 2.75) is 12.8 Å². The van der Waals surface area contributed by atoms with E-state index < -0.39 is 0 Å². The molecule has 1 aliphatic rings. The van der Waals surface area contributed by atoms with Crippen molar-refractivity contribution in [1.29, 1.82) is 0 Å². The van der Waals surface area contributed by atoms with Gasteiger partial charge >= 0.3 is 5.97 Å². The maximum absolute atomic E-state index is 12.2. The van der Waals surface area contributed by atoms with E-state index in [1.54, 1.807) is 17.0 Å². The van der Waals surface area contributed by atoms with Crippen molar-refractivity contribution >= 4 is 34.6 Å². The number of hydrogen-bond donors (Lipinski definition) is 0. The predicted molar refractivity (Wildman–Crippen MR) is 100 cm³/mol. The minimum Gasteiger partial charge on any atom is -0.426 e. The molecule has 0 atom stereocenters. The standard InChI is InChI=1S/C19H18ClNO3S/c20-16-6-7-17(15(13-16)12-14-4-2-1-3-5-14)24-18(22)8-9-21-10-11-25-19(21)23/h1-7,13H,8-12H2. The largest absolute Gasteiger partial charge is 0.426 e. The van der Waals surface area contributed by atoms with Crippen LogP contribution in [0.25, 0.3) is 0 Å². The molecule has 2 aromatic rings. The zero-order valence-corrected chi connectivity index (χ0v) is 15.2. The highest BCUT2D eigenvalue weighted by Gasteiger charge is 2.22. The molecule has 2 aromatic carbocycles. The van der Waals surface area contributed by atoms with Crippen LogP contribution >= 0.6 is 23.4 Å². The Morgan fingerprint density at radius 1 is 1.20 bits per heavy atom. The first-order chi connectivity index (χ1) is 12.1. The summed E-state index contributed by atoms with van der Waals surface area (Å²) in [5.74, 6) is 0.952. The Bertz CT molecular complexity index is 767. The molecule has 0 unspecified atom stereocenters. The van der Waals surface area contributed by atoms with E-state index >= 15 is 0 Å². The fourth-order valence-corrected chi connectivity index (χ4v) is 3.68. The van der Waals surface area contributed by atoms with Crippen LogP contribution in [0.5, 0.6) is 5.75 Å². The fourth-order valence-electron chi connectivity index (χ4n) is 2.63. The number of carbonyl (C=O) groups excluding carboxylic acids is 2. The molecule has 0 aromatic heterocycles. The second kappa shape index (κ2) is 8.41. The normalized spacial score (nSPS) is 14.0. The lowest BCUT2D eigenvalue weighted by Crippen LogP contribution is -2.27. The minimum absolute atomic E-state index is 0.0315. The van der Waals surface area contributed by atoms with Gasteiger partial charge in [0.05, 0.1) is 6.42 Å². The summed E-state index contributed by atoms with van der Waals surface area (Å²) in [4.78, 5) is 25.4. The van der Waals surface area contributed by atoms with Gasteiger partial charge in [0, 0.05) is 35.8 Å². The summed E-state index contributed by atoms with van der Waals surface area (Å²) in [7, 11) is 0. The van der Waals surface area contributed by atoms with Crippen LogP contribution in [-0.2, 0) is 11.2 Å². The number of carbonyl (C=O) groups is 2. The number of nitrogens with zero attached hydrogens (tertiary/aromatic N) is 1. The Labute approximate surface area is 156 Å². The second-order valence-electron chi connectivity index (χ2n) is 5.74. The monoisotopic (exact) mass is 375 g/mol. The molecule has 0 aliphatic carbocycles. The van der Waals surface area contributed by atoms with Gasteiger partial charge in [0.25, 0.3) is 5.24 Å². The molecule has 1 heterocycles. The molecule has 1 saturated heterocycles. The van der Waals surface area contributed by atoms with Gasteiger partial charge in [-0.2, -0.15) is 0 Å². The van der Waals surface area contributed by atoms with Crippen molar-refractivity contribution in [3.63, 3.8) is 0 Å². The van der Waals surface area contributed by atoms with E-state index in [9.17, 15) is 9.59 Å². The first-order valence-electron chi connectivity index (χ1n) is 8.06. The van der Waals surface area contributed by atoms with Crippen LogP contribution < -0.4 is 4.74 Å². The highest BCUT2D eigenvalue weighted by atomic mass is 35.5. The fraction of sp³-hybridized carbons (Fsp3) is 0.263. The number of thioether (sulfide) groups is 1. The average molecular weight is 376 g/mol. The summed E-state index contributed by atoms with van der Waals surface area (Å²) in [5, 5.41) is 0.634. The van der Waals surface area contributed by atoms with Crippen LogP contribution in [0.3, 0.4) is 0 Å². The number of halogens is 1. The zero-order valence-electron chi connectivity index (χ0n) is 13.6. The molecule has 6 heteroatoms. The number of esters is 1. The van der Waals surface area contributed by atoms with E-state index in [1.165, 1.54) is 11.8 Å². The molecule has 3 rings (SSSR count). The van der Waals surface area contributed by atoms with E-state index in [0.717, 1.165) is 16.9 Å². The first-order valence-corrected chi connectivity index (χ1v) is 9.43. The summed E-state index contributed by atoms with van der Waals surface area (Å²) in [5.41, 5.74) is 1.97. The van der Waals surface area contributed by atoms with E-state index in [-0.39, 0.29) is 17.6 Å². The second-order valence-corrected chi connectivity index (χ2v) is 7.22. The van der Waals surface area contributed by atoms with Crippen molar-refractivity contribution in [2.75, 3.05) is 18.8 Å². The van der Waals surface area contributed by atoms with Gasteiger partial charge in [0.1, 0.15) is 5.75 Å². The lowest BCUT2D eigenvalue weighted by atomic mass is 10.0. The average Bonchev–Trinajstić information content (AvgIpc) is 3.01. The summed E-state index contributed by atoms with van der Waals surface area (Å²) in [6.45, 7) is 1.09. The number of benzene rings is 2. The third-order valence-electron chi connectivity index (χ3n) is 3.91. The van der Waals surface area contributed by atoms with E-state index in [1.807, 2.05) is 36.4 Å². The maximum Gasteiger partial charge on any atom is 0.312 e. The highest BCUT2D eigenvalue weighted by molar-refractivity contribution is 8.13. The van der Waals surface area contributed by atoms with Gasteiger partial charge < -0.3 is 9.64 Å². The van der Waals surface area contributed by atoms with E-state index in [4.69, 9.17) is 16.3 Å². The van der Waals surface area contributed by atoms with Crippen molar-refractivity contribution in [1.82, 2.24) is 4.90 Å². The lowest BCUT2D eigenvalue weighted by Gasteiger charge is -2.14. The predicted octanol–water partition coefficient (Wildman–Crippen LogP) is 4.40. The first kappa shape index (κ1) is 17.8. The molecule has 0 radical (unpaired) electrons. The highest BCUT2D eigenvalue weighted by Crippen LogP contribution is 2.26. The quantitative estimate of drug-likeness (QED) is 0.554. The van der Waals surface area contributed by atoms with Gasteiger partial charge in [-0.15, -0.1) is 0 Å². The summed E-state index contributed by atoms with van der Waals surface area (Å²) in [6, 6.07) is 15.2. The third-order valence-corrected chi connectivity index (χ3v) is 5.04. The van der Waals surface area contributed by atoms with Crippen LogP contribution in [-0.4, -0.2) is 35.0 Å². The van der Waals surface area contributed by atoms with Gasteiger partial charge in [-0.05, 0) is 23.8 Å². The van der Waals surface area contributed by atoms with Crippen LogP contribution in [0.1, 0.15) is 17.5 Å². The van der Waals surface area contributed by atoms with Crippen LogP contribution in [0.2, 0.25) is 5.02 Å². The molecule has 1 fully saturated rings. The smallest absolute Gasteiger partial charge is 0.312 e. The molecule has 0 saturated carbocycles. The zero-order chi connectivity index (χ0) is 17.6. The van der Waals surface area contributed by atoms with Crippen molar-refractivity contribution in [3.05, 3.63) is 64.7 Å². The van der Waals surface area contributed by atoms with Crippen molar-refractivity contribution in [3.8, 4) is 5.75 Å². The van der Waals surface area contributed by atoms with Crippen molar-refractivity contribution < 1.29 is 14.3 Å². The van der Waals surface area contributed by atoms with Gasteiger partial charge in [0.15, 0.2) is 0 Å². The SMILES string of the molecule is O=C(CCN1CCSC1=O)Oc1ccc(Cl)cc1Cc1ccccc1. The molecule has 130 valence electrons. The van der Waals surface area contributed by atoms with Gasteiger partial charge in [-0.1, -0.05) is 53.7 Å². The van der Waals surface area contributed by atoms with Gasteiger partial charge in [-0.3, -0.25) is 9.59 Å². The Balaban J connectivity index is 1.65. The molecule has 0 spiro atoms. The number of hydrogen-bond acceptors (Lipinski definition) is 4. The van der Waals surface area contributed by atoms with Crippen molar-refractivity contribution in [2.24, 2.45) is 0 Å². The Kier molecular flexibility index (Phi) is 6.00. The lowest BCUT2D eigenvalue weighted by molar-refractivity contribution is -0.134. The maximum atomic E-state index is 12.2. The number of amides is 1. The Morgan fingerprint density at radius 3 is 2.72 bits per heavy atom. The van der Waals surface area contributed by atoms with Crippen LogP contribution in [0.15, 0.2) is 48.5 Å². The number of rotatable bonds is 6. The molecule has 4 nitrogen and oxygen atoms in total.